The maximum atomic E-state index is 13.1. The van der Waals surface area contributed by atoms with Crippen molar-refractivity contribution in [3.8, 4) is 5.69 Å². The van der Waals surface area contributed by atoms with Crippen LogP contribution >= 0.6 is 11.8 Å². The van der Waals surface area contributed by atoms with Crippen molar-refractivity contribution in [3.05, 3.63) is 64.1 Å². The number of rotatable bonds is 1. The molecule has 1 unspecified atom stereocenters. The zero-order valence-electron chi connectivity index (χ0n) is 13.2. The molecule has 1 aliphatic heterocycles. The molecule has 0 saturated carbocycles. The normalized spacial score (nSPS) is 17.0. The number of pyridine rings is 2. The predicted octanol–water partition coefficient (Wildman–Crippen LogP) is 4.44. The van der Waals surface area contributed by atoms with E-state index in [0.29, 0.717) is 17.6 Å². The first-order valence-corrected chi connectivity index (χ1v) is 8.61. The van der Waals surface area contributed by atoms with Crippen LogP contribution in [0.1, 0.15) is 18.1 Å². The van der Waals surface area contributed by atoms with E-state index in [9.17, 15) is 18.0 Å². The standard InChI is InChI=1S/C18H13F3N2OS/c1-10-8-14-15(25-10)13-6-3-7-22-16(13)23(17(14)24)12-5-2-4-11(9-12)18(19,20)21/h2-7,9-10H,8H2,1H3. The van der Waals surface area contributed by atoms with Gasteiger partial charge in [0.2, 0.25) is 0 Å². The zero-order chi connectivity index (χ0) is 17.8. The first-order chi connectivity index (χ1) is 11.9. The molecule has 3 heterocycles. The van der Waals surface area contributed by atoms with Gasteiger partial charge >= 0.3 is 6.18 Å². The Bertz CT molecular complexity index is 1040. The van der Waals surface area contributed by atoms with E-state index in [4.69, 9.17) is 0 Å². The molecule has 1 aliphatic rings. The fourth-order valence-corrected chi connectivity index (χ4v) is 4.40. The molecule has 0 N–H and O–H groups in total. The van der Waals surface area contributed by atoms with Crippen molar-refractivity contribution in [2.45, 2.75) is 29.7 Å². The van der Waals surface area contributed by atoms with Crippen LogP contribution in [0.4, 0.5) is 13.2 Å². The third-order valence-corrected chi connectivity index (χ3v) is 5.49. The molecule has 128 valence electrons. The molecule has 0 radical (unpaired) electrons. The number of fused-ring (bicyclic) bond motifs is 3. The van der Waals surface area contributed by atoms with Crippen LogP contribution in [0.5, 0.6) is 0 Å². The summed E-state index contributed by atoms with van der Waals surface area (Å²) in [4.78, 5) is 18.2. The van der Waals surface area contributed by atoms with Crippen LogP contribution < -0.4 is 5.56 Å². The second kappa shape index (κ2) is 5.62. The van der Waals surface area contributed by atoms with Crippen molar-refractivity contribution < 1.29 is 13.2 Å². The summed E-state index contributed by atoms with van der Waals surface area (Å²) in [5, 5.41) is 1.05. The number of aromatic nitrogens is 2. The second-order valence-electron chi connectivity index (χ2n) is 6.00. The lowest BCUT2D eigenvalue weighted by molar-refractivity contribution is -0.137. The Morgan fingerprint density at radius 3 is 2.80 bits per heavy atom. The summed E-state index contributed by atoms with van der Waals surface area (Å²) >= 11 is 1.61. The molecule has 3 aromatic rings. The van der Waals surface area contributed by atoms with Gasteiger partial charge in [-0.15, -0.1) is 11.8 Å². The van der Waals surface area contributed by atoms with E-state index in [1.807, 2.05) is 13.0 Å². The van der Waals surface area contributed by atoms with Gasteiger partial charge in [0.25, 0.3) is 5.56 Å². The lowest BCUT2D eigenvalue weighted by Gasteiger charge is -2.14. The lowest BCUT2D eigenvalue weighted by atomic mass is 10.1. The fourth-order valence-electron chi connectivity index (χ4n) is 3.15. The van der Waals surface area contributed by atoms with E-state index < -0.39 is 11.7 Å². The Hall–Kier alpha value is -2.28. The average Bonchev–Trinajstić information content (AvgIpc) is 2.97. The largest absolute Gasteiger partial charge is 0.416 e. The minimum atomic E-state index is -4.47. The van der Waals surface area contributed by atoms with E-state index in [0.717, 1.165) is 22.4 Å². The first kappa shape index (κ1) is 16.2. The van der Waals surface area contributed by atoms with Crippen molar-refractivity contribution >= 4 is 22.8 Å². The van der Waals surface area contributed by atoms with Gasteiger partial charge in [-0.05, 0) is 36.8 Å². The average molecular weight is 362 g/mol. The van der Waals surface area contributed by atoms with Gasteiger partial charge < -0.3 is 0 Å². The summed E-state index contributed by atoms with van der Waals surface area (Å²) < 4.78 is 40.5. The number of hydrogen-bond donors (Lipinski definition) is 0. The molecule has 0 spiro atoms. The monoisotopic (exact) mass is 362 g/mol. The molecular weight excluding hydrogens is 349 g/mol. The highest BCUT2D eigenvalue weighted by atomic mass is 32.2. The Labute approximate surface area is 145 Å². The van der Waals surface area contributed by atoms with Gasteiger partial charge in [-0.2, -0.15) is 13.2 Å². The molecule has 1 atom stereocenters. The van der Waals surface area contributed by atoms with E-state index in [2.05, 4.69) is 4.98 Å². The van der Waals surface area contributed by atoms with Gasteiger partial charge in [0.15, 0.2) is 0 Å². The van der Waals surface area contributed by atoms with Crippen LogP contribution in [0.2, 0.25) is 0 Å². The minimum Gasteiger partial charge on any atom is -0.269 e. The van der Waals surface area contributed by atoms with Crippen LogP contribution in [-0.4, -0.2) is 14.8 Å². The van der Waals surface area contributed by atoms with Crippen molar-refractivity contribution in [1.29, 1.82) is 0 Å². The molecular formula is C18H13F3N2OS. The SMILES string of the molecule is CC1Cc2c(c3cccnc3n(-c3cccc(C(F)(F)F)c3)c2=O)S1. The van der Waals surface area contributed by atoms with E-state index in [-0.39, 0.29) is 16.5 Å². The Kier molecular flexibility index (Phi) is 3.64. The second-order valence-corrected chi connectivity index (χ2v) is 7.45. The van der Waals surface area contributed by atoms with Gasteiger partial charge in [0.05, 0.1) is 11.3 Å². The Morgan fingerprint density at radius 2 is 2.04 bits per heavy atom. The molecule has 0 bridgehead atoms. The molecule has 0 saturated heterocycles. The zero-order valence-corrected chi connectivity index (χ0v) is 14.0. The van der Waals surface area contributed by atoms with Gasteiger partial charge in [0.1, 0.15) is 5.65 Å². The van der Waals surface area contributed by atoms with Gasteiger partial charge in [-0.3, -0.25) is 9.36 Å². The summed E-state index contributed by atoms with van der Waals surface area (Å²) in [5.41, 5.74) is 0.125. The maximum Gasteiger partial charge on any atom is 0.416 e. The Balaban J connectivity index is 2.06. The van der Waals surface area contributed by atoms with Crippen LogP contribution in [0, 0.1) is 0 Å². The predicted molar refractivity (Wildman–Crippen MR) is 91.4 cm³/mol. The lowest BCUT2D eigenvalue weighted by Crippen LogP contribution is -2.24. The first-order valence-electron chi connectivity index (χ1n) is 7.73. The Morgan fingerprint density at radius 1 is 1.24 bits per heavy atom. The van der Waals surface area contributed by atoms with Crippen molar-refractivity contribution in [2.75, 3.05) is 0 Å². The van der Waals surface area contributed by atoms with Crippen LogP contribution in [-0.2, 0) is 12.6 Å². The molecule has 7 heteroatoms. The molecule has 3 nitrogen and oxygen atoms in total. The topological polar surface area (TPSA) is 34.9 Å². The number of nitrogens with zero attached hydrogens (tertiary/aromatic N) is 2. The van der Waals surface area contributed by atoms with Gasteiger partial charge in [-0.25, -0.2) is 4.98 Å². The summed E-state index contributed by atoms with van der Waals surface area (Å²) in [7, 11) is 0. The summed E-state index contributed by atoms with van der Waals surface area (Å²) in [6, 6.07) is 8.43. The van der Waals surface area contributed by atoms with E-state index in [1.54, 1.807) is 24.0 Å². The van der Waals surface area contributed by atoms with Crippen LogP contribution in [0.25, 0.3) is 16.7 Å². The van der Waals surface area contributed by atoms with Crippen LogP contribution in [0.15, 0.2) is 52.3 Å². The molecule has 1 aromatic carbocycles. The third-order valence-electron chi connectivity index (χ3n) is 4.22. The molecule has 0 fully saturated rings. The highest BCUT2D eigenvalue weighted by Gasteiger charge is 2.31. The molecule has 0 amide bonds. The highest BCUT2D eigenvalue weighted by Crippen LogP contribution is 2.40. The summed E-state index contributed by atoms with van der Waals surface area (Å²) in [5.74, 6) is 0. The molecule has 4 rings (SSSR count). The number of halogens is 3. The number of hydrogen-bond acceptors (Lipinski definition) is 3. The highest BCUT2D eigenvalue weighted by molar-refractivity contribution is 8.00. The molecule has 25 heavy (non-hydrogen) atoms. The van der Waals surface area contributed by atoms with Gasteiger partial charge in [-0.1, -0.05) is 13.0 Å². The van der Waals surface area contributed by atoms with E-state index >= 15 is 0 Å². The quantitative estimate of drug-likeness (QED) is 0.642. The summed E-state index contributed by atoms with van der Waals surface area (Å²) in [6.45, 7) is 2.03. The number of benzene rings is 1. The van der Waals surface area contributed by atoms with Gasteiger partial charge in [0, 0.05) is 27.3 Å². The molecule has 0 aliphatic carbocycles. The molecule has 2 aromatic heterocycles. The minimum absolute atomic E-state index is 0.177. The maximum absolute atomic E-state index is 13.1. The van der Waals surface area contributed by atoms with Crippen LogP contribution in [0.3, 0.4) is 0 Å². The summed E-state index contributed by atoms with van der Waals surface area (Å²) in [6.07, 6.45) is -2.33. The smallest absolute Gasteiger partial charge is 0.269 e. The number of alkyl halides is 3. The van der Waals surface area contributed by atoms with Crippen molar-refractivity contribution in [1.82, 2.24) is 9.55 Å². The van der Waals surface area contributed by atoms with E-state index in [1.165, 1.54) is 16.7 Å². The van der Waals surface area contributed by atoms with Crippen molar-refractivity contribution in [3.63, 3.8) is 0 Å². The number of thioether (sulfide) groups is 1. The fraction of sp³-hybridized carbons (Fsp3) is 0.222. The van der Waals surface area contributed by atoms with Crippen molar-refractivity contribution in [2.24, 2.45) is 0 Å². The third kappa shape index (κ3) is 2.63.